The Morgan fingerprint density at radius 1 is 1.00 bits per heavy atom. The van der Waals surface area contributed by atoms with Crippen LogP contribution in [-0.2, 0) is 6.54 Å². The number of H-pyrrole nitrogens is 1. The average Bonchev–Trinajstić information content (AvgIpc) is 3.44. The lowest BCUT2D eigenvalue weighted by molar-refractivity contribution is 0.102. The second-order valence-corrected chi connectivity index (χ2v) is 7.72. The largest absolute Gasteiger partial charge is 0.321 e. The van der Waals surface area contributed by atoms with Crippen LogP contribution in [0, 0.1) is 0 Å². The summed E-state index contributed by atoms with van der Waals surface area (Å²) in [4.78, 5) is 19.7. The van der Waals surface area contributed by atoms with Gasteiger partial charge < -0.3 is 5.32 Å². The van der Waals surface area contributed by atoms with E-state index in [4.69, 9.17) is 0 Å². The van der Waals surface area contributed by atoms with Crippen molar-refractivity contribution in [3.8, 4) is 11.1 Å². The van der Waals surface area contributed by atoms with Crippen molar-refractivity contribution >= 4 is 22.5 Å². The molecule has 0 aliphatic carbocycles. The fourth-order valence-corrected chi connectivity index (χ4v) is 4.01. The normalized spacial score (nSPS) is 14.3. The summed E-state index contributed by atoms with van der Waals surface area (Å²) in [6.07, 6.45) is 6.37. The molecule has 1 aliphatic rings. The summed E-state index contributed by atoms with van der Waals surface area (Å²) < 4.78 is 0. The number of fused-ring (bicyclic) bond motifs is 1. The molecule has 0 saturated carbocycles. The topological polar surface area (TPSA) is 73.9 Å². The van der Waals surface area contributed by atoms with Crippen molar-refractivity contribution in [2.24, 2.45) is 0 Å². The number of amides is 1. The van der Waals surface area contributed by atoms with Gasteiger partial charge in [-0.15, -0.1) is 0 Å². The third kappa shape index (κ3) is 3.82. The number of likely N-dealkylation sites (tertiary alicyclic amines) is 1. The van der Waals surface area contributed by atoms with E-state index in [1.54, 1.807) is 0 Å². The summed E-state index contributed by atoms with van der Waals surface area (Å²) in [6.45, 7) is 3.25. The van der Waals surface area contributed by atoms with Crippen molar-refractivity contribution in [2.45, 2.75) is 19.4 Å². The zero-order valence-corrected chi connectivity index (χ0v) is 16.6. The van der Waals surface area contributed by atoms with Gasteiger partial charge in [0.15, 0.2) is 5.69 Å². The smallest absolute Gasteiger partial charge is 0.276 e. The molecular weight excluding hydrogens is 374 g/mol. The van der Waals surface area contributed by atoms with Crippen LogP contribution in [0.15, 0.2) is 67.0 Å². The summed E-state index contributed by atoms with van der Waals surface area (Å²) >= 11 is 0. The highest BCUT2D eigenvalue weighted by Gasteiger charge is 2.16. The van der Waals surface area contributed by atoms with Crippen LogP contribution in [-0.4, -0.2) is 39.1 Å². The highest BCUT2D eigenvalue weighted by Crippen LogP contribution is 2.26. The predicted octanol–water partition coefficient (Wildman–Crippen LogP) is 4.47. The molecule has 3 heterocycles. The van der Waals surface area contributed by atoms with Gasteiger partial charge in [-0.2, -0.15) is 5.10 Å². The Kier molecular flexibility index (Phi) is 4.99. The van der Waals surface area contributed by atoms with Crippen LogP contribution < -0.4 is 5.32 Å². The van der Waals surface area contributed by atoms with Crippen molar-refractivity contribution in [1.29, 1.82) is 0 Å². The van der Waals surface area contributed by atoms with Crippen LogP contribution in [0.25, 0.3) is 22.0 Å². The van der Waals surface area contributed by atoms with Gasteiger partial charge in [0.1, 0.15) is 0 Å². The first-order valence-electron chi connectivity index (χ1n) is 10.3. The third-order valence-electron chi connectivity index (χ3n) is 5.54. The van der Waals surface area contributed by atoms with Crippen LogP contribution >= 0.6 is 0 Å². The molecule has 0 atom stereocenters. The van der Waals surface area contributed by atoms with Gasteiger partial charge in [0.25, 0.3) is 5.91 Å². The van der Waals surface area contributed by atoms with Crippen molar-refractivity contribution in [2.75, 3.05) is 18.4 Å². The molecule has 2 aromatic carbocycles. The molecule has 1 fully saturated rings. The maximum atomic E-state index is 12.8. The number of pyridine rings is 1. The van der Waals surface area contributed by atoms with Gasteiger partial charge in [-0.1, -0.05) is 24.3 Å². The lowest BCUT2D eigenvalue weighted by Crippen LogP contribution is -2.18. The van der Waals surface area contributed by atoms with Gasteiger partial charge in [0, 0.05) is 35.6 Å². The third-order valence-corrected chi connectivity index (χ3v) is 5.54. The zero-order chi connectivity index (χ0) is 20.3. The maximum Gasteiger partial charge on any atom is 0.276 e. The molecule has 2 aromatic heterocycles. The molecule has 0 unspecified atom stereocenters. The highest BCUT2D eigenvalue weighted by molar-refractivity contribution is 6.11. The number of hydrogen-bond donors (Lipinski definition) is 2. The maximum absolute atomic E-state index is 12.8. The second-order valence-electron chi connectivity index (χ2n) is 7.72. The van der Waals surface area contributed by atoms with Crippen LogP contribution in [0.4, 0.5) is 5.69 Å². The van der Waals surface area contributed by atoms with Gasteiger partial charge >= 0.3 is 0 Å². The number of rotatable bonds is 5. The van der Waals surface area contributed by atoms with E-state index in [9.17, 15) is 4.79 Å². The Bertz CT molecular complexity index is 1180. The van der Waals surface area contributed by atoms with Crippen molar-refractivity contribution < 1.29 is 4.79 Å². The minimum Gasteiger partial charge on any atom is -0.321 e. The number of carbonyl (C=O) groups excluding carboxylic acids is 1. The molecule has 1 aliphatic heterocycles. The molecule has 1 saturated heterocycles. The van der Waals surface area contributed by atoms with Crippen molar-refractivity contribution in [3.63, 3.8) is 0 Å². The Hall–Kier alpha value is -3.51. The van der Waals surface area contributed by atoms with Crippen molar-refractivity contribution in [3.05, 3.63) is 78.2 Å². The summed E-state index contributed by atoms with van der Waals surface area (Å²) in [7, 11) is 0. The molecule has 30 heavy (non-hydrogen) atoms. The fraction of sp³-hybridized carbons (Fsp3) is 0.208. The Balaban J connectivity index is 1.43. The van der Waals surface area contributed by atoms with Crippen molar-refractivity contribution in [1.82, 2.24) is 20.1 Å². The highest BCUT2D eigenvalue weighted by atomic mass is 16.1. The van der Waals surface area contributed by atoms with Gasteiger partial charge in [0.05, 0.1) is 5.52 Å². The number of anilines is 1. The minimum absolute atomic E-state index is 0.231. The molecule has 0 spiro atoms. The zero-order valence-electron chi connectivity index (χ0n) is 16.6. The number of nitrogens with zero attached hydrogens (tertiary/aromatic N) is 3. The summed E-state index contributed by atoms with van der Waals surface area (Å²) in [6, 6.07) is 17.6. The molecule has 2 N–H and O–H groups in total. The molecule has 1 amide bonds. The molecule has 6 nitrogen and oxygen atoms in total. The number of para-hydroxylation sites is 1. The Morgan fingerprint density at radius 3 is 2.67 bits per heavy atom. The lowest BCUT2D eigenvalue weighted by Gasteiger charge is -2.14. The fourth-order valence-electron chi connectivity index (χ4n) is 4.01. The standard InChI is InChI=1S/C24H23N5O/c30-24(26-20-6-2-1-3-7-20)23-21-13-18(8-9-22(21)27-28-23)19-12-17(14-25-15-19)16-29-10-4-5-11-29/h1-3,6-9,12-15H,4-5,10-11,16H2,(H,26,30)(H,27,28). The van der Waals surface area contributed by atoms with E-state index in [1.165, 1.54) is 18.4 Å². The SMILES string of the molecule is O=C(Nc1ccccc1)c1n[nH]c2ccc(-c3cncc(CN4CCCC4)c3)cc12. The molecule has 6 heteroatoms. The van der Waals surface area contributed by atoms with Gasteiger partial charge in [0.2, 0.25) is 0 Å². The van der Waals surface area contributed by atoms with E-state index in [0.717, 1.165) is 47.4 Å². The quantitative estimate of drug-likeness (QED) is 0.521. The molecule has 0 radical (unpaired) electrons. The van der Waals surface area contributed by atoms with Crippen LogP contribution in [0.3, 0.4) is 0 Å². The molecule has 4 aromatic rings. The van der Waals surface area contributed by atoms with Gasteiger partial charge in [-0.3, -0.25) is 19.8 Å². The summed E-state index contributed by atoms with van der Waals surface area (Å²) in [5.74, 6) is -0.231. The lowest BCUT2D eigenvalue weighted by atomic mass is 10.0. The van der Waals surface area contributed by atoms with E-state index >= 15 is 0 Å². The molecular formula is C24H23N5O. The first-order valence-corrected chi connectivity index (χ1v) is 10.3. The number of benzene rings is 2. The van der Waals surface area contributed by atoms with Gasteiger partial charge in [-0.05, 0) is 67.4 Å². The second kappa shape index (κ2) is 8.08. The average molecular weight is 397 g/mol. The summed E-state index contributed by atoms with van der Waals surface area (Å²) in [5, 5.41) is 10.9. The number of aromatic nitrogens is 3. The number of aromatic amines is 1. The number of carbonyl (C=O) groups is 1. The monoisotopic (exact) mass is 397 g/mol. The van der Waals surface area contributed by atoms with Gasteiger partial charge in [-0.25, -0.2) is 0 Å². The number of nitrogens with one attached hydrogen (secondary N) is 2. The van der Waals surface area contributed by atoms with E-state index in [2.05, 4.69) is 31.5 Å². The number of hydrogen-bond acceptors (Lipinski definition) is 4. The van der Waals surface area contributed by atoms with Crippen LogP contribution in [0.1, 0.15) is 28.9 Å². The Morgan fingerprint density at radius 2 is 1.83 bits per heavy atom. The first-order chi connectivity index (χ1) is 14.8. The van der Waals surface area contributed by atoms with E-state index in [1.807, 2.05) is 60.9 Å². The predicted molar refractivity (Wildman–Crippen MR) is 118 cm³/mol. The van der Waals surface area contributed by atoms with E-state index in [0.29, 0.717) is 5.69 Å². The molecule has 5 rings (SSSR count). The van der Waals surface area contributed by atoms with Crippen LogP contribution in [0.2, 0.25) is 0 Å². The minimum atomic E-state index is -0.231. The summed E-state index contributed by atoms with van der Waals surface area (Å²) in [5.41, 5.74) is 5.24. The first kappa shape index (κ1) is 18.5. The molecule has 150 valence electrons. The van der Waals surface area contributed by atoms with E-state index < -0.39 is 0 Å². The van der Waals surface area contributed by atoms with E-state index in [-0.39, 0.29) is 5.91 Å². The van der Waals surface area contributed by atoms with Crippen LogP contribution in [0.5, 0.6) is 0 Å². The molecule has 0 bridgehead atoms. The Labute approximate surface area is 174 Å².